The Morgan fingerprint density at radius 1 is 1.45 bits per heavy atom. The summed E-state index contributed by atoms with van der Waals surface area (Å²) in [5.74, 6) is 0.627. The average molecular weight is 274 g/mol. The SMILES string of the molecule is COc1ccc(CN2CCCCC2CCO)cc1C#N. The van der Waals surface area contributed by atoms with Crippen LogP contribution in [0.15, 0.2) is 18.2 Å². The zero-order valence-corrected chi connectivity index (χ0v) is 12.0. The maximum absolute atomic E-state index is 9.17. The van der Waals surface area contributed by atoms with Gasteiger partial charge in [-0.05, 0) is 43.5 Å². The van der Waals surface area contributed by atoms with Crippen molar-refractivity contribution < 1.29 is 9.84 Å². The number of hydrogen-bond donors (Lipinski definition) is 1. The van der Waals surface area contributed by atoms with E-state index in [4.69, 9.17) is 15.1 Å². The van der Waals surface area contributed by atoms with Crippen LogP contribution in [0, 0.1) is 11.3 Å². The third-order valence-electron chi connectivity index (χ3n) is 3.98. The minimum atomic E-state index is 0.243. The van der Waals surface area contributed by atoms with Crippen molar-refractivity contribution in [3.8, 4) is 11.8 Å². The van der Waals surface area contributed by atoms with Crippen LogP contribution in [-0.4, -0.2) is 36.3 Å². The lowest BCUT2D eigenvalue weighted by Gasteiger charge is -2.35. The second kappa shape index (κ2) is 7.28. The first kappa shape index (κ1) is 14.8. The van der Waals surface area contributed by atoms with Gasteiger partial charge >= 0.3 is 0 Å². The molecule has 1 atom stereocenters. The minimum absolute atomic E-state index is 0.243. The Kier molecular flexibility index (Phi) is 5.40. The zero-order valence-electron chi connectivity index (χ0n) is 12.0. The van der Waals surface area contributed by atoms with Crippen molar-refractivity contribution in [3.05, 3.63) is 29.3 Å². The molecule has 0 bridgehead atoms. The zero-order chi connectivity index (χ0) is 14.4. The molecule has 0 saturated carbocycles. The third-order valence-corrected chi connectivity index (χ3v) is 3.98. The van der Waals surface area contributed by atoms with Gasteiger partial charge in [0, 0.05) is 19.2 Å². The molecule has 1 aliphatic rings. The van der Waals surface area contributed by atoms with Gasteiger partial charge in [0.25, 0.3) is 0 Å². The maximum Gasteiger partial charge on any atom is 0.136 e. The van der Waals surface area contributed by atoms with Crippen molar-refractivity contribution in [2.45, 2.75) is 38.3 Å². The Balaban J connectivity index is 2.10. The molecule has 2 rings (SSSR count). The number of hydrogen-bond acceptors (Lipinski definition) is 4. The second-order valence-electron chi connectivity index (χ2n) is 5.28. The van der Waals surface area contributed by atoms with E-state index >= 15 is 0 Å². The fourth-order valence-electron chi connectivity index (χ4n) is 2.92. The summed E-state index contributed by atoms with van der Waals surface area (Å²) in [5.41, 5.74) is 1.72. The summed E-state index contributed by atoms with van der Waals surface area (Å²) >= 11 is 0. The van der Waals surface area contributed by atoms with Crippen LogP contribution in [0.5, 0.6) is 5.75 Å². The van der Waals surface area contributed by atoms with E-state index in [2.05, 4.69) is 11.0 Å². The molecule has 0 spiro atoms. The van der Waals surface area contributed by atoms with E-state index < -0.39 is 0 Å². The molecule has 1 unspecified atom stereocenters. The minimum Gasteiger partial charge on any atom is -0.495 e. The summed E-state index contributed by atoms with van der Waals surface area (Å²) < 4.78 is 5.17. The Labute approximate surface area is 120 Å². The number of nitrogens with zero attached hydrogens (tertiary/aromatic N) is 2. The number of ether oxygens (including phenoxy) is 1. The lowest BCUT2D eigenvalue weighted by molar-refractivity contribution is 0.112. The Hall–Kier alpha value is -1.57. The first-order valence-electron chi connectivity index (χ1n) is 7.20. The number of piperidine rings is 1. The molecular weight excluding hydrogens is 252 g/mol. The molecule has 1 N–H and O–H groups in total. The summed E-state index contributed by atoms with van der Waals surface area (Å²) in [4.78, 5) is 2.42. The molecule has 4 nitrogen and oxygen atoms in total. The summed E-state index contributed by atoms with van der Waals surface area (Å²) in [6.07, 6.45) is 4.44. The molecule has 0 amide bonds. The Morgan fingerprint density at radius 2 is 2.30 bits per heavy atom. The fourth-order valence-corrected chi connectivity index (χ4v) is 2.92. The molecule has 0 radical (unpaired) electrons. The number of benzene rings is 1. The highest BCUT2D eigenvalue weighted by Gasteiger charge is 2.22. The number of aliphatic hydroxyl groups excluding tert-OH is 1. The van der Waals surface area contributed by atoms with Gasteiger partial charge in [0.2, 0.25) is 0 Å². The predicted octanol–water partition coefficient (Wildman–Crippen LogP) is 2.30. The summed E-state index contributed by atoms with van der Waals surface area (Å²) in [6.45, 7) is 2.15. The van der Waals surface area contributed by atoms with E-state index in [1.807, 2.05) is 18.2 Å². The Morgan fingerprint density at radius 3 is 3.00 bits per heavy atom. The van der Waals surface area contributed by atoms with Crippen molar-refractivity contribution in [1.82, 2.24) is 4.90 Å². The molecular formula is C16H22N2O2. The first-order chi connectivity index (χ1) is 9.78. The molecule has 1 aliphatic heterocycles. The van der Waals surface area contributed by atoms with E-state index in [0.29, 0.717) is 17.4 Å². The van der Waals surface area contributed by atoms with Crippen molar-refractivity contribution in [2.24, 2.45) is 0 Å². The van der Waals surface area contributed by atoms with Crippen LogP contribution < -0.4 is 4.74 Å². The third kappa shape index (κ3) is 3.50. The molecule has 1 fully saturated rings. The second-order valence-corrected chi connectivity index (χ2v) is 5.28. The highest BCUT2D eigenvalue weighted by Crippen LogP contribution is 2.24. The molecule has 0 aromatic heterocycles. The lowest BCUT2D eigenvalue weighted by Crippen LogP contribution is -2.39. The monoisotopic (exact) mass is 274 g/mol. The molecule has 1 saturated heterocycles. The average Bonchev–Trinajstić information content (AvgIpc) is 2.49. The molecule has 20 heavy (non-hydrogen) atoms. The quantitative estimate of drug-likeness (QED) is 0.895. The summed E-state index contributed by atoms with van der Waals surface area (Å²) in [7, 11) is 1.58. The van der Waals surface area contributed by atoms with Gasteiger partial charge in [-0.2, -0.15) is 5.26 Å². The topological polar surface area (TPSA) is 56.5 Å². The van der Waals surface area contributed by atoms with Crippen LogP contribution in [0.2, 0.25) is 0 Å². The van der Waals surface area contributed by atoms with Crippen molar-refractivity contribution in [1.29, 1.82) is 5.26 Å². The van der Waals surface area contributed by atoms with Gasteiger partial charge in [0.05, 0.1) is 12.7 Å². The highest BCUT2D eigenvalue weighted by atomic mass is 16.5. The number of likely N-dealkylation sites (tertiary alicyclic amines) is 1. The summed E-state index contributed by atoms with van der Waals surface area (Å²) in [5, 5.41) is 18.3. The van der Waals surface area contributed by atoms with Crippen LogP contribution in [0.25, 0.3) is 0 Å². The van der Waals surface area contributed by atoms with Crippen LogP contribution in [0.3, 0.4) is 0 Å². The smallest absolute Gasteiger partial charge is 0.136 e. The van der Waals surface area contributed by atoms with E-state index in [1.165, 1.54) is 12.8 Å². The molecule has 1 aromatic carbocycles. The maximum atomic E-state index is 9.17. The van der Waals surface area contributed by atoms with E-state index in [9.17, 15) is 0 Å². The van der Waals surface area contributed by atoms with Gasteiger partial charge in [-0.15, -0.1) is 0 Å². The van der Waals surface area contributed by atoms with E-state index in [-0.39, 0.29) is 6.61 Å². The normalized spacial score (nSPS) is 19.6. The number of rotatable bonds is 5. The number of methoxy groups -OCH3 is 1. The predicted molar refractivity (Wildman–Crippen MR) is 77.5 cm³/mol. The van der Waals surface area contributed by atoms with Crippen LogP contribution in [0.1, 0.15) is 36.8 Å². The number of nitriles is 1. The molecule has 0 aliphatic carbocycles. The standard InChI is InChI=1S/C16H22N2O2/c1-20-16-6-5-13(10-14(16)11-17)12-18-8-3-2-4-15(18)7-9-19/h5-6,10,15,19H,2-4,7-9,12H2,1H3. The van der Waals surface area contributed by atoms with Crippen LogP contribution >= 0.6 is 0 Å². The Bertz CT molecular complexity index is 480. The highest BCUT2D eigenvalue weighted by molar-refractivity contribution is 5.45. The summed E-state index contributed by atoms with van der Waals surface area (Å²) in [6, 6.07) is 8.42. The largest absolute Gasteiger partial charge is 0.495 e. The van der Waals surface area contributed by atoms with Gasteiger partial charge in [0.1, 0.15) is 11.8 Å². The van der Waals surface area contributed by atoms with Crippen LogP contribution in [-0.2, 0) is 6.54 Å². The molecule has 1 aromatic rings. The molecule has 1 heterocycles. The van der Waals surface area contributed by atoms with Crippen LogP contribution in [0.4, 0.5) is 0 Å². The first-order valence-corrected chi connectivity index (χ1v) is 7.20. The van der Waals surface area contributed by atoms with Crippen molar-refractivity contribution in [3.63, 3.8) is 0 Å². The van der Waals surface area contributed by atoms with E-state index in [0.717, 1.165) is 31.5 Å². The lowest BCUT2D eigenvalue weighted by atomic mass is 9.98. The number of aliphatic hydroxyl groups is 1. The fraction of sp³-hybridized carbons (Fsp3) is 0.562. The van der Waals surface area contributed by atoms with Crippen molar-refractivity contribution >= 4 is 0 Å². The van der Waals surface area contributed by atoms with Crippen molar-refractivity contribution in [2.75, 3.05) is 20.3 Å². The van der Waals surface area contributed by atoms with Gasteiger partial charge in [-0.1, -0.05) is 12.5 Å². The molecule has 4 heteroatoms. The molecule has 108 valence electrons. The van der Waals surface area contributed by atoms with Gasteiger partial charge in [-0.25, -0.2) is 0 Å². The van der Waals surface area contributed by atoms with Gasteiger partial charge in [-0.3, -0.25) is 4.90 Å². The van der Waals surface area contributed by atoms with Gasteiger partial charge in [0.15, 0.2) is 0 Å². The van der Waals surface area contributed by atoms with E-state index in [1.54, 1.807) is 7.11 Å². The van der Waals surface area contributed by atoms with Gasteiger partial charge < -0.3 is 9.84 Å².